The van der Waals surface area contributed by atoms with Crippen LogP contribution in [0.25, 0.3) is 0 Å². The van der Waals surface area contributed by atoms with E-state index in [4.69, 9.17) is 5.11 Å². The average Bonchev–Trinajstić information content (AvgIpc) is 2.76. The average molecular weight is 283 g/mol. The molecule has 1 aliphatic rings. The summed E-state index contributed by atoms with van der Waals surface area (Å²) in [6, 6.07) is 1.83. The Labute approximate surface area is 117 Å². The molecule has 106 valence electrons. The minimum Gasteiger partial charge on any atom is -0.477 e. The van der Waals surface area contributed by atoms with E-state index >= 15 is 0 Å². The molecular weight excluding hydrogens is 262 g/mol. The monoisotopic (exact) mass is 283 g/mol. The zero-order valence-electron chi connectivity index (χ0n) is 11.2. The van der Waals surface area contributed by atoms with Crippen molar-refractivity contribution in [2.24, 2.45) is 5.92 Å². The second-order valence-corrected chi connectivity index (χ2v) is 6.53. The number of hydrogen-bond acceptors (Lipinski definition) is 4. The molecule has 1 saturated carbocycles. The Balaban J connectivity index is 1.86. The molecule has 0 spiro atoms. The Morgan fingerprint density at radius 2 is 2.42 bits per heavy atom. The number of carboxylic acid groups (broad SMARTS) is 1. The number of aliphatic hydroxyl groups is 1. The van der Waals surface area contributed by atoms with Gasteiger partial charge in [-0.3, -0.25) is 0 Å². The molecule has 0 amide bonds. The molecule has 0 bridgehead atoms. The third-order valence-electron chi connectivity index (χ3n) is 3.78. The van der Waals surface area contributed by atoms with Gasteiger partial charge in [-0.25, -0.2) is 4.79 Å². The van der Waals surface area contributed by atoms with Crippen LogP contribution in [0.2, 0.25) is 0 Å². The zero-order chi connectivity index (χ0) is 13.9. The van der Waals surface area contributed by atoms with Gasteiger partial charge in [0.25, 0.3) is 0 Å². The van der Waals surface area contributed by atoms with Crippen LogP contribution < -0.4 is 5.32 Å². The van der Waals surface area contributed by atoms with E-state index in [1.165, 1.54) is 17.8 Å². The molecule has 5 heteroatoms. The van der Waals surface area contributed by atoms with Crippen molar-refractivity contribution in [3.63, 3.8) is 0 Å². The van der Waals surface area contributed by atoms with Gasteiger partial charge in [0.05, 0.1) is 5.60 Å². The zero-order valence-corrected chi connectivity index (χ0v) is 12.0. The minimum atomic E-state index is -0.878. The smallest absolute Gasteiger partial charge is 0.346 e. The fraction of sp³-hybridized carbons (Fsp3) is 0.643. The van der Waals surface area contributed by atoms with Crippen molar-refractivity contribution in [3.05, 3.63) is 21.9 Å². The summed E-state index contributed by atoms with van der Waals surface area (Å²) >= 11 is 1.24. The van der Waals surface area contributed by atoms with Gasteiger partial charge in [0.15, 0.2) is 0 Å². The first-order valence-corrected chi connectivity index (χ1v) is 7.61. The van der Waals surface area contributed by atoms with Crippen LogP contribution in [0, 0.1) is 5.92 Å². The van der Waals surface area contributed by atoms with Crippen LogP contribution in [0.3, 0.4) is 0 Å². The number of hydrogen-bond donors (Lipinski definition) is 3. The summed E-state index contributed by atoms with van der Waals surface area (Å²) in [4.78, 5) is 11.4. The summed E-state index contributed by atoms with van der Waals surface area (Å²) < 4.78 is 0. The highest BCUT2D eigenvalue weighted by Crippen LogP contribution is 2.31. The summed E-state index contributed by atoms with van der Waals surface area (Å²) in [5.74, 6) is -0.312. The van der Waals surface area contributed by atoms with Gasteiger partial charge in [0.1, 0.15) is 4.88 Å². The van der Waals surface area contributed by atoms with Crippen LogP contribution in [0.5, 0.6) is 0 Å². The molecule has 3 N–H and O–H groups in total. The highest BCUT2D eigenvalue weighted by molar-refractivity contribution is 7.12. The van der Waals surface area contributed by atoms with E-state index in [1.54, 1.807) is 5.38 Å². The van der Waals surface area contributed by atoms with Crippen LogP contribution in [0.4, 0.5) is 0 Å². The molecule has 19 heavy (non-hydrogen) atoms. The fourth-order valence-electron chi connectivity index (χ4n) is 2.89. The third-order valence-corrected chi connectivity index (χ3v) is 4.72. The number of carbonyl (C=O) groups is 1. The lowest BCUT2D eigenvalue weighted by molar-refractivity contribution is -0.0119. The molecule has 4 nitrogen and oxygen atoms in total. The van der Waals surface area contributed by atoms with Crippen LogP contribution >= 0.6 is 11.3 Å². The summed E-state index contributed by atoms with van der Waals surface area (Å²) in [5, 5.41) is 24.5. The minimum absolute atomic E-state index is 0.386. The van der Waals surface area contributed by atoms with Gasteiger partial charge in [-0.15, -0.1) is 11.3 Å². The number of nitrogens with one attached hydrogen (secondary N) is 1. The summed E-state index contributed by atoms with van der Waals surface area (Å²) in [7, 11) is 0. The normalized spacial score (nSPS) is 27.4. The van der Waals surface area contributed by atoms with E-state index in [1.807, 2.05) is 6.07 Å². The second kappa shape index (κ2) is 6.03. The quantitative estimate of drug-likeness (QED) is 0.776. The fourth-order valence-corrected chi connectivity index (χ4v) is 3.65. The van der Waals surface area contributed by atoms with Gasteiger partial charge < -0.3 is 15.5 Å². The van der Waals surface area contributed by atoms with E-state index in [0.717, 1.165) is 24.8 Å². The Hall–Kier alpha value is -0.910. The van der Waals surface area contributed by atoms with Gasteiger partial charge in [-0.05, 0) is 35.8 Å². The molecule has 2 rings (SSSR count). The number of aromatic carboxylic acids is 1. The maximum absolute atomic E-state index is 11.0. The van der Waals surface area contributed by atoms with Crippen molar-refractivity contribution in [2.45, 2.75) is 44.8 Å². The van der Waals surface area contributed by atoms with E-state index in [2.05, 4.69) is 12.2 Å². The van der Waals surface area contributed by atoms with Crippen molar-refractivity contribution >= 4 is 17.3 Å². The second-order valence-electron chi connectivity index (χ2n) is 5.61. The topological polar surface area (TPSA) is 69.6 Å². The number of carboxylic acids is 1. The molecule has 1 aromatic rings. The first kappa shape index (κ1) is 14.5. The van der Waals surface area contributed by atoms with Crippen LogP contribution in [0.1, 0.15) is 47.8 Å². The third kappa shape index (κ3) is 3.78. The molecule has 0 aliphatic heterocycles. The van der Waals surface area contributed by atoms with Gasteiger partial charge in [-0.1, -0.05) is 19.8 Å². The molecule has 1 fully saturated rings. The molecule has 0 radical (unpaired) electrons. The largest absolute Gasteiger partial charge is 0.477 e. The lowest BCUT2D eigenvalue weighted by Crippen LogP contribution is -2.43. The van der Waals surface area contributed by atoms with Crippen molar-refractivity contribution < 1.29 is 15.0 Å². The highest BCUT2D eigenvalue weighted by atomic mass is 32.1. The van der Waals surface area contributed by atoms with Crippen molar-refractivity contribution in [2.75, 3.05) is 6.54 Å². The first-order valence-electron chi connectivity index (χ1n) is 6.73. The Morgan fingerprint density at radius 1 is 1.63 bits per heavy atom. The van der Waals surface area contributed by atoms with Crippen molar-refractivity contribution in [3.8, 4) is 0 Å². The first-order chi connectivity index (χ1) is 9.00. The van der Waals surface area contributed by atoms with Crippen molar-refractivity contribution in [1.29, 1.82) is 0 Å². The maximum Gasteiger partial charge on any atom is 0.346 e. The van der Waals surface area contributed by atoms with Gasteiger partial charge in [-0.2, -0.15) is 0 Å². The van der Waals surface area contributed by atoms with E-state index in [-0.39, 0.29) is 0 Å². The lowest BCUT2D eigenvalue weighted by Gasteiger charge is -2.35. The van der Waals surface area contributed by atoms with Crippen LogP contribution in [-0.2, 0) is 6.54 Å². The molecule has 1 aromatic heterocycles. The maximum atomic E-state index is 11.0. The van der Waals surface area contributed by atoms with Gasteiger partial charge in [0, 0.05) is 13.1 Å². The Kier molecular flexibility index (Phi) is 4.60. The molecule has 1 heterocycles. The standard InChI is InChI=1S/C14H21NO3S/c1-10-3-2-5-14(18,7-10)9-15-8-11-4-6-19-12(11)13(16)17/h4,6,10,15,18H,2-3,5,7-9H2,1H3,(H,16,17). The van der Waals surface area contributed by atoms with Crippen molar-refractivity contribution in [1.82, 2.24) is 5.32 Å². The molecule has 1 aliphatic carbocycles. The molecule has 2 atom stereocenters. The van der Waals surface area contributed by atoms with Crippen LogP contribution in [0.15, 0.2) is 11.4 Å². The Bertz CT molecular complexity index is 446. The number of rotatable bonds is 5. The van der Waals surface area contributed by atoms with Gasteiger partial charge in [0.2, 0.25) is 0 Å². The number of thiophene rings is 1. The van der Waals surface area contributed by atoms with Gasteiger partial charge >= 0.3 is 5.97 Å². The van der Waals surface area contributed by atoms with E-state index < -0.39 is 11.6 Å². The van der Waals surface area contributed by atoms with E-state index in [9.17, 15) is 9.90 Å². The van der Waals surface area contributed by atoms with Crippen LogP contribution in [-0.4, -0.2) is 28.3 Å². The molecule has 0 saturated heterocycles. The molecular formula is C14H21NO3S. The summed E-state index contributed by atoms with van der Waals surface area (Å²) in [5.41, 5.74) is 0.168. The molecule has 0 aromatic carbocycles. The predicted molar refractivity (Wildman–Crippen MR) is 75.6 cm³/mol. The lowest BCUT2D eigenvalue weighted by atomic mass is 9.79. The molecule has 2 unspecified atom stereocenters. The highest BCUT2D eigenvalue weighted by Gasteiger charge is 2.32. The summed E-state index contributed by atoms with van der Waals surface area (Å²) in [6.45, 7) is 3.21. The predicted octanol–water partition coefficient (Wildman–Crippen LogP) is 2.48. The SMILES string of the molecule is CC1CCCC(O)(CNCc2ccsc2C(=O)O)C1. The summed E-state index contributed by atoms with van der Waals surface area (Å²) in [6.07, 6.45) is 3.92. The Morgan fingerprint density at radius 3 is 3.11 bits per heavy atom. The van der Waals surface area contributed by atoms with E-state index in [0.29, 0.717) is 23.9 Å².